The van der Waals surface area contributed by atoms with Crippen LogP contribution in [0.5, 0.6) is 0 Å². The van der Waals surface area contributed by atoms with Gasteiger partial charge in [0.25, 0.3) is 5.91 Å². The summed E-state index contributed by atoms with van der Waals surface area (Å²) in [7, 11) is 0. The lowest BCUT2D eigenvalue weighted by molar-refractivity contribution is -0.139. The molecule has 6 heteroatoms. The molecule has 4 nitrogen and oxygen atoms in total. The Morgan fingerprint density at radius 3 is 2.58 bits per heavy atom. The highest BCUT2D eigenvalue weighted by Gasteiger charge is 2.22. The highest BCUT2D eigenvalue weighted by Crippen LogP contribution is 2.20. The van der Waals surface area contributed by atoms with Crippen LogP contribution in [-0.4, -0.2) is 23.0 Å². The van der Waals surface area contributed by atoms with Crippen molar-refractivity contribution in [2.75, 3.05) is 0 Å². The van der Waals surface area contributed by atoms with Gasteiger partial charge >= 0.3 is 5.97 Å². The summed E-state index contributed by atoms with van der Waals surface area (Å²) >= 11 is 5.40. The van der Waals surface area contributed by atoms with Gasteiger partial charge in [-0.2, -0.15) is 0 Å². The standard InChI is InChI=1S/C13H15BrINO3/c1-7(2)5-11(13(18)19)16-12(17)9-6-8(15)3-4-10(9)14/h3-4,6-7,11H,5H2,1-2H3,(H,16,17)(H,18,19). The van der Waals surface area contributed by atoms with Crippen molar-refractivity contribution in [2.45, 2.75) is 26.3 Å². The third kappa shape index (κ3) is 5.10. The average molecular weight is 440 g/mol. The summed E-state index contributed by atoms with van der Waals surface area (Å²) < 4.78 is 1.57. The molecular weight excluding hydrogens is 425 g/mol. The lowest BCUT2D eigenvalue weighted by atomic mass is 10.0. The van der Waals surface area contributed by atoms with Gasteiger partial charge in [0.2, 0.25) is 0 Å². The second kappa shape index (κ2) is 7.23. The smallest absolute Gasteiger partial charge is 0.326 e. The molecule has 1 aromatic carbocycles. The summed E-state index contributed by atoms with van der Waals surface area (Å²) in [6.07, 6.45) is 0.405. The highest BCUT2D eigenvalue weighted by molar-refractivity contribution is 14.1. The van der Waals surface area contributed by atoms with E-state index in [0.29, 0.717) is 16.5 Å². The lowest BCUT2D eigenvalue weighted by Crippen LogP contribution is -2.41. The van der Waals surface area contributed by atoms with Crippen molar-refractivity contribution in [1.29, 1.82) is 0 Å². The van der Waals surface area contributed by atoms with Crippen LogP contribution in [0, 0.1) is 9.49 Å². The van der Waals surface area contributed by atoms with Crippen molar-refractivity contribution in [1.82, 2.24) is 5.32 Å². The lowest BCUT2D eigenvalue weighted by Gasteiger charge is -2.17. The van der Waals surface area contributed by atoms with Gasteiger partial charge in [-0.1, -0.05) is 13.8 Å². The minimum atomic E-state index is -1.01. The summed E-state index contributed by atoms with van der Waals surface area (Å²) in [5, 5.41) is 11.7. The Kier molecular flexibility index (Phi) is 6.25. The maximum Gasteiger partial charge on any atom is 0.326 e. The number of carboxylic acid groups (broad SMARTS) is 1. The van der Waals surface area contributed by atoms with Gasteiger partial charge < -0.3 is 10.4 Å². The number of hydrogen-bond acceptors (Lipinski definition) is 2. The van der Waals surface area contributed by atoms with Crippen LogP contribution in [-0.2, 0) is 4.79 Å². The first kappa shape index (κ1) is 16.4. The number of amides is 1. The normalized spacial score (nSPS) is 12.3. The van der Waals surface area contributed by atoms with Crippen LogP contribution >= 0.6 is 38.5 Å². The molecule has 0 aromatic heterocycles. The van der Waals surface area contributed by atoms with Crippen molar-refractivity contribution in [3.63, 3.8) is 0 Å². The predicted octanol–water partition coefficient (Wildman–Crippen LogP) is 3.28. The number of carboxylic acids is 1. The second-order valence-corrected chi connectivity index (χ2v) is 6.72. The van der Waals surface area contributed by atoms with Gasteiger partial charge in [0.05, 0.1) is 5.56 Å². The van der Waals surface area contributed by atoms with E-state index in [0.717, 1.165) is 3.57 Å². The fourth-order valence-electron chi connectivity index (χ4n) is 1.60. The third-order valence-corrected chi connectivity index (χ3v) is 3.85. The Bertz CT molecular complexity index is 491. The quantitative estimate of drug-likeness (QED) is 0.692. The molecule has 1 atom stereocenters. The van der Waals surface area contributed by atoms with Crippen molar-refractivity contribution in [3.8, 4) is 0 Å². The molecule has 0 heterocycles. The molecule has 0 aliphatic rings. The first-order chi connectivity index (χ1) is 8.81. The Morgan fingerprint density at radius 1 is 1.42 bits per heavy atom. The molecule has 0 aliphatic heterocycles. The van der Waals surface area contributed by atoms with Gasteiger partial charge in [0, 0.05) is 8.04 Å². The number of nitrogens with one attached hydrogen (secondary N) is 1. The van der Waals surface area contributed by atoms with Gasteiger partial charge in [-0.15, -0.1) is 0 Å². The van der Waals surface area contributed by atoms with Crippen molar-refractivity contribution in [2.24, 2.45) is 5.92 Å². The van der Waals surface area contributed by atoms with E-state index in [4.69, 9.17) is 5.11 Å². The molecular formula is C13H15BrINO3. The molecule has 104 valence electrons. The zero-order valence-corrected chi connectivity index (χ0v) is 14.4. The largest absolute Gasteiger partial charge is 0.480 e. The summed E-state index contributed by atoms with van der Waals surface area (Å²) in [5.74, 6) is -1.19. The topological polar surface area (TPSA) is 66.4 Å². The summed E-state index contributed by atoms with van der Waals surface area (Å²) in [6, 6.07) is 4.49. The zero-order chi connectivity index (χ0) is 14.6. The number of aliphatic carboxylic acids is 1. The fourth-order valence-corrected chi connectivity index (χ4v) is 2.52. The Labute approximate surface area is 134 Å². The summed E-state index contributed by atoms with van der Waals surface area (Å²) in [5.41, 5.74) is 0.446. The van der Waals surface area contributed by atoms with Crippen LogP contribution in [0.25, 0.3) is 0 Å². The number of hydrogen-bond donors (Lipinski definition) is 2. The first-order valence-electron chi connectivity index (χ1n) is 5.80. The van der Waals surface area contributed by atoms with E-state index >= 15 is 0 Å². The monoisotopic (exact) mass is 439 g/mol. The van der Waals surface area contributed by atoms with Gasteiger partial charge in [-0.05, 0) is 69.1 Å². The zero-order valence-electron chi connectivity index (χ0n) is 10.6. The van der Waals surface area contributed by atoms with Crippen LogP contribution in [0.4, 0.5) is 0 Å². The molecule has 1 unspecified atom stereocenters. The van der Waals surface area contributed by atoms with Crippen LogP contribution in [0.3, 0.4) is 0 Å². The third-order valence-electron chi connectivity index (χ3n) is 2.48. The van der Waals surface area contributed by atoms with E-state index in [9.17, 15) is 9.59 Å². The minimum Gasteiger partial charge on any atom is -0.480 e. The highest BCUT2D eigenvalue weighted by atomic mass is 127. The van der Waals surface area contributed by atoms with Gasteiger partial charge in [-0.25, -0.2) is 4.79 Å². The molecule has 0 radical (unpaired) electrons. The number of benzene rings is 1. The van der Waals surface area contributed by atoms with E-state index in [1.165, 1.54) is 0 Å². The molecule has 1 rings (SSSR count). The Hall–Kier alpha value is -0.630. The molecule has 1 aromatic rings. The SMILES string of the molecule is CC(C)CC(NC(=O)c1cc(I)ccc1Br)C(=O)O. The maximum atomic E-state index is 12.1. The van der Waals surface area contributed by atoms with Crippen LogP contribution in [0.2, 0.25) is 0 Å². The molecule has 0 saturated carbocycles. The van der Waals surface area contributed by atoms with Crippen molar-refractivity contribution < 1.29 is 14.7 Å². The summed E-state index contributed by atoms with van der Waals surface area (Å²) in [6.45, 7) is 3.84. The van der Waals surface area contributed by atoms with Gasteiger partial charge in [0.1, 0.15) is 6.04 Å². The average Bonchev–Trinajstić information content (AvgIpc) is 2.30. The molecule has 0 aliphatic carbocycles. The van der Waals surface area contributed by atoms with E-state index < -0.39 is 12.0 Å². The number of rotatable bonds is 5. The fraction of sp³-hybridized carbons (Fsp3) is 0.385. The van der Waals surface area contributed by atoms with Crippen molar-refractivity contribution >= 4 is 50.4 Å². The molecule has 0 saturated heterocycles. The van der Waals surface area contributed by atoms with Gasteiger partial charge in [0.15, 0.2) is 0 Å². The van der Waals surface area contributed by atoms with E-state index in [2.05, 4.69) is 43.8 Å². The van der Waals surface area contributed by atoms with Crippen molar-refractivity contribution in [3.05, 3.63) is 31.8 Å². The molecule has 0 spiro atoms. The second-order valence-electron chi connectivity index (χ2n) is 4.62. The molecule has 19 heavy (non-hydrogen) atoms. The number of halogens is 2. The molecule has 1 amide bonds. The minimum absolute atomic E-state index is 0.195. The first-order valence-corrected chi connectivity index (χ1v) is 7.67. The van der Waals surface area contributed by atoms with E-state index in [1.807, 2.05) is 19.9 Å². The van der Waals surface area contributed by atoms with Crippen LogP contribution < -0.4 is 5.32 Å². The number of carbonyl (C=O) groups is 2. The molecule has 0 fully saturated rings. The van der Waals surface area contributed by atoms with E-state index in [1.54, 1.807) is 12.1 Å². The Morgan fingerprint density at radius 2 is 2.05 bits per heavy atom. The van der Waals surface area contributed by atoms with Crippen LogP contribution in [0.1, 0.15) is 30.6 Å². The Balaban J connectivity index is 2.87. The molecule has 2 N–H and O–H groups in total. The predicted molar refractivity (Wildman–Crippen MR) is 85.2 cm³/mol. The summed E-state index contributed by atoms with van der Waals surface area (Å²) in [4.78, 5) is 23.2. The van der Waals surface area contributed by atoms with Gasteiger partial charge in [-0.3, -0.25) is 4.79 Å². The maximum absolute atomic E-state index is 12.1. The van der Waals surface area contributed by atoms with Crippen LogP contribution in [0.15, 0.2) is 22.7 Å². The number of carbonyl (C=O) groups excluding carboxylic acids is 1. The molecule has 0 bridgehead atoms. The van der Waals surface area contributed by atoms with E-state index in [-0.39, 0.29) is 11.8 Å².